The first-order valence-corrected chi connectivity index (χ1v) is 8.66. The van der Waals surface area contributed by atoms with E-state index >= 15 is 0 Å². The Morgan fingerprint density at radius 2 is 2.15 bits per heavy atom. The molecule has 1 aromatic carbocycles. The molecule has 1 saturated carbocycles. The SMILES string of the molecule is CCC1CCCCC1n1ccnc1-c1cccc(I)c1. The van der Waals surface area contributed by atoms with Gasteiger partial charge in [0.15, 0.2) is 0 Å². The summed E-state index contributed by atoms with van der Waals surface area (Å²) < 4.78 is 3.70. The summed E-state index contributed by atoms with van der Waals surface area (Å²) in [5.41, 5.74) is 1.24. The second-order valence-corrected chi connectivity index (χ2v) is 6.93. The Balaban J connectivity index is 1.97. The van der Waals surface area contributed by atoms with Gasteiger partial charge in [-0.05, 0) is 53.5 Å². The number of benzene rings is 1. The Labute approximate surface area is 134 Å². The lowest BCUT2D eigenvalue weighted by Crippen LogP contribution is -2.23. The molecule has 0 radical (unpaired) electrons. The highest BCUT2D eigenvalue weighted by Crippen LogP contribution is 2.38. The fourth-order valence-electron chi connectivity index (χ4n) is 3.46. The van der Waals surface area contributed by atoms with Crippen molar-refractivity contribution in [1.29, 1.82) is 0 Å². The van der Waals surface area contributed by atoms with Gasteiger partial charge in [0.25, 0.3) is 0 Å². The van der Waals surface area contributed by atoms with Crippen molar-refractivity contribution < 1.29 is 0 Å². The second kappa shape index (κ2) is 6.29. The second-order valence-electron chi connectivity index (χ2n) is 5.69. The molecule has 2 aromatic rings. The Bertz CT molecular complexity index is 576. The number of aromatic nitrogens is 2. The predicted molar refractivity (Wildman–Crippen MR) is 91.7 cm³/mol. The largest absolute Gasteiger partial charge is 0.328 e. The molecule has 0 N–H and O–H groups in total. The minimum Gasteiger partial charge on any atom is -0.328 e. The van der Waals surface area contributed by atoms with Crippen LogP contribution in [0.25, 0.3) is 11.4 Å². The van der Waals surface area contributed by atoms with E-state index in [4.69, 9.17) is 0 Å². The molecule has 0 saturated heterocycles. The van der Waals surface area contributed by atoms with Crippen molar-refractivity contribution in [3.8, 4) is 11.4 Å². The molecule has 1 aromatic heterocycles. The van der Waals surface area contributed by atoms with Crippen LogP contribution in [-0.2, 0) is 0 Å². The quantitative estimate of drug-likeness (QED) is 0.661. The predicted octanol–water partition coefficient (Wildman–Crippen LogP) is 5.30. The summed E-state index contributed by atoms with van der Waals surface area (Å²) in [6, 6.07) is 9.28. The van der Waals surface area contributed by atoms with E-state index in [1.807, 2.05) is 6.20 Å². The number of imidazole rings is 1. The zero-order valence-electron chi connectivity index (χ0n) is 11.9. The third-order valence-electron chi connectivity index (χ3n) is 4.50. The molecule has 3 heteroatoms. The Morgan fingerprint density at radius 3 is 2.95 bits per heavy atom. The molecule has 1 heterocycles. The number of halogens is 1. The van der Waals surface area contributed by atoms with Gasteiger partial charge in [-0.1, -0.05) is 38.3 Å². The summed E-state index contributed by atoms with van der Waals surface area (Å²) in [6.07, 6.45) is 10.8. The Kier molecular flexibility index (Phi) is 4.44. The molecule has 1 aliphatic rings. The lowest BCUT2D eigenvalue weighted by Gasteiger charge is -2.33. The molecule has 3 rings (SSSR count). The molecule has 2 unspecified atom stereocenters. The average Bonchev–Trinajstić information content (AvgIpc) is 2.96. The van der Waals surface area contributed by atoms with E-state index in [0.29, 0.717) is 6.04 Å². The lowest BCUT2D eigenvalue weighted by molar-refractivity contribution is 0.234. The van der Waals surface area contributed by atoms with E-state index in [0.717, 1.165) is 11.7 Å². The van der Waals surface area contributed by atoms with Crippen LogP contribution in [0.3, 0.4) is 0 Å². The minimum atomic E-state index is 0.629. The summed E-state index contributed by atoms with van der Waals surface area (Å²) >= 11 is 2.37. The van der Waals surface area contributed by atoms with Crippen molar-refractivity contribution in [2.75, 3.05) is 0 Å². The number of hydrogen-bond acceptors (Lipinski definition) is 1. The van der Waals surface area contributed by atoms with Crippen LogP contribution in [0.4, 0.5) is 0 Å². The molecule has 106 valence electrons. The first-order chi connectivity index (χ1) is 9.79. The van der Waals surface area contributed by atoms with Crippen LogP contribution < -0.4 is 0 Å². The van der Waals surface area contributed by atoms with E-state index < -0.39 is 0 Å². The number of rotatable bonds is 3. The van der Waals surface area contributed by atoms with Crippen LogP contribution in [0.5, 0.6) is 0 Å². The maximum atomic E-state index is 4.63. The highest BCUT2D eigenvalue weighted by atomic mass is 127. The van der Waals surface area contributed by atoms with Crippen molar-refractivity contribution in [2.24, 2.45) is 5.92 Å². The highest BCUT2D eigenvalue weighted by Gasteiger charge is 2.26. The molecule has 2 nitrogen and oxygen atoms in total. The standard InChI is InChI=1S/C17H21IN2/c1-2-13-6-3-4-9-16(13)20-11-10-19-17(20)14-7-5-8-15(18)12-14/h5,7-8,10-13,16H,2-4,6,9H2,1H3. The first-order valence-electron chi connectivity index (χ1n) is 7.58. The van der Waals surface area contributed by atoms with Gasteiger partial charge in [-0.25, -0.2) is 4.98 Å². The van der Waals surface area contributed by atoms with Gasteiger partial charge < -0.3 is 4.57 Å². The van der Waals surface area contributed by atoms with Crippen LogP contribution >= 0.6 is 22.6 Å². The lowest BCUT2D eigenvalue weighted by atomic mass is 9.82. The van der Waals surface area contributed by atoms with Gasteiger partial charge in [-0.3, -0.25) is 0 Å². The normalized spacial score (nSPS) is 22.9. The summed E-state index contributed by atoms with van der Waals surface area (Å²) in [5.74, 6) is 1.94. The summed E-state index contributed by atoms with van der Waals surface area (Å²) in [5, 5.41) is 0. The van der Waals surface area contributed by atoms with Crippen LogP contribution in [0.15, 0.2) is 36.7 Å². The van der Waals surface area contributed by atoms with Gasteiger partial charge in [-0.2, -0.15) is 0 Å². The molecule has 1 fully saturated rings. The van der Waals surface area contributed by atoms with Gasteiger partial charge in [-0.15, -0.1) is 0 Å². The van der Waals surface area contributed by atoms with E-state index in [1.54, 1.807) is 0 Å². The zero-order chi connectivity index (χ0) is 13.9. The maximum absolute atomic E-state index is 4.63. The van der Waals surface area contributed by atoms with Crippen LogP contribution in [0.1, 0.15) is 45.1 Å². The zero-order valence-corrected chi connectivity index (χ0v) is 14.1. The van der Waals surface area contributed by atoms with Gasteiger partial charge in [0.1, 0.15) is 5.82 Å². The van der Waals surface area contributed by atoms with Gasteiger partial charge >= 0.3 is 0 Å². The van der Waals surface area contributed by atoms with Gasteiger partial charge in [0, 0.05) is 27.6 Å². The van der Waals surface area contributed by atoms with Crippen molar-refractivity contribution in [1.82, 2.24) is 9.55 Å². The molecule has 1 aliphatic carbocycles. The molecule has 0 spiro atoms. The number of nitrogens with zero attached hydrogens (tertiary/aromatic N) is 2. The highest BCUT2D eigenvalue weighted by molar-refractivity contribution is 14.1. The third-order valence-corrected chi connectivity index (χ3v) is 5.17. The van der Waals surface area contributed by atoms with Crippen molar-refractivity contribution in [3.05, 3.63) is 40.2 Å². The minimum absolute atomic E-state index is 0.629. The summed E-state index contributed by atoms with van der Waals surface area (Å²) in [6.45, 7) is 2.32. The van der Waals surface area contributed by atoms with Crippen LogP contribution in [-0.4, -0.2) is 9.55 Å². The fourth-order valence-corrected chi connectivity index (χ4v) is 4.01. The topological polar surface area (TPSA) is 17.8 Å². The van der Waals surface area contributed by atoms with Gasteiger partial charge in [0.05, 0.1) is 0 Å². The van der Waals surface area contributed by atoms with Crippen molar-refractivity contribution in [3.63, 3.8) is 0 Å². The monoisotopic (exact) mass is 380 g/mol. The smallest absolute Gasteiger partial charge is 0.140 e. The molecule has 0 aliphatic heterocycles. The Morgan fingerprint density at radius 1 is 1.30 bits per heavy atom. The van der Waals surface area contributed by atoms with Crippen LogP contribution in [0, 0.1) is 9.49 Å². The van der Waals surface area contributed by atoms with E-state index in [1.165, 1.54) is 41.2 Å². The van der Waals surface area contributed by atoms with Gasteiger partial charge in [0.2, 0.25) is 0 Å². The molecular weight excluding hydrogens is 359 g/mol. The van der Waals surface area contributed by atoms with E-state index in [2.05, 4.69) is 69.5 Å². The number of hydrogen-bond donors (Lipinski definition) is 0. The molecule has 0 amide bonds. The maximum Gasteiger partial charge on any atom is 0.140 e. The van der Waals surface area contributed by atoms with E-state index in [-0.39, 0.29) is 0 Å². The first kappa shape index (κ1) is 14.1. The average molecular weight is 380 g/mol. The summed E-state index contributed by atoms with van der Waals surface area (Å²) in [4.78, 5) is 4.63. The third kappa shape index (κ3) is 2.78. The molecular formula is C17H21IN2. The Hall–Kier alpha value is -0.840. The van der Waals surface area contributed by atoms with E-state index in [9.17, 15) is 0 Å². The van der Waals surface area contributed by atoms with Crippen molar-refractivity contribution >= 4 is 22.6 Å². The molecule has 2 atom stereocenters. The molecule has 0 bridgehead atoms. The van der Waals surface area contributed by atoms with Crippen molar-refractivity contribution in [2.45, 2.75) is 45.1 Å². The fraction of sp³-hybridized carbons (Fsp3) is 0.471. The summed E-state index contributed by atoms with van der Waals surface area (Å²) in [7, 11) is 0. The van der Waals surface area contributed by atoms with Crippen LogP contribution in [0.2, 0.25) is 0 Å². The molecule has 20 heavy (non-hydrogen) atoms.